The Kier molecular flexibility index (Phi) is 6.38. The van der Waals surface area contributed by atoms with Crippen molar-refractivity contribution < 1.29 is 24.2 Å². The van der Waals surface area contributed by atoms with E-state index in [1.807, 2.05) is 24.3 Å². The van der Waals surface area contributed by atoms with Gasteiger partial charge in [-0.05, 0) is 62.8 Å². The number of rotatable bonds is 7. The summed E-state index contributed by atoms with van der Waals surface area (Å²) in [5.74, 6) is -1.49. The molecule has 0 radical (unpaired) electrons. The van der Waals surface area contributed by atoms with E-state index in [1.165, 1.54) is 0 Å². The predicted octanol–water partition coefficient (Wildman–Crippen LogP) is 4.84. The SMILES string of the molecule is CC(C)(NC(=O)OCC1c2ccccc2-c2ccccc21)C(C)(C)C(=O)NC1(C(=O)O)CCCC1. The van der Waals surface area contributed by atoms with Gasteiger partial charge in [0.15, 0.2) is 0 Å². The van der Waals surface area contributed by atoms with Gasteiger partial charge in [-0.15, -0.1) is 0 Å². The first-order valence-electron chi connectivity index (χ1n) is 12.2. The maximum Gasteiger partial charge on any atom is 0.407 e. The summed E-state index contributed by atoms with van der Waals surface area (Å²) in [6.45, 7) is 7.07. The van der Waals surface area contributed by atoms with Crippen molar-refractivity contribution in [2.24, 2.45) is 5.41 Å². The van der Waals surface area contributed by atoms with Crippen LogP contribution in [-0.4, -0.2) is 40.8 Å². The lowest BCUT2D eigenvalue weighted by Crippen LogP contribution is -2.63. The van der Waals surface area contributed by atoms with Crippen LogP contribution in [0.4, 0.5) is 4.79 Å². The second-order valence-corrected chi connectivity index (χ2v) is 10.7. The highest BCUT2D eigenvalue weighted by molar-refractivity contribution is 5.91. The summed E-state index contributed by atoms with van der Waals surface area (Å²) in [7, 11) is 0. The van der Waals surface area contributed by atoms with Gasteiger partial charge in [0.2, 0.25) is 5.91 Å². The van der Waals surface area contributed by atoms with Crippen molar-refractivity contribution in [3.63, 3.8) is 0 Å². The first kappa shape index (κ1) is 24.8. The molecule has 0 unspecified atom stereocenters. The van der Waals surface area contributed by atoms with Gasteiger partial charge < -0.3 is 20.5 Å². The fraction of sp³-hybridized carbons (Fsp3) is 0.464. The number of carboxylic acids is 1. The van der Waals surface area contributed by atoms with E-state index >= 15 is 0 Å². The van der Waals surface area contributed by atoms with Gasteiger partial charge in [-0.1, -0.05) is 61.4 Å². The molecule has 0 bridgehead atoms. The first-order valence-corrected chi connectivity index (χ1v) is 12.2. The second kappa shape index (κ2) is 9.02. The Bertz CT molecular complexity index is 1100. The Morgan fingerprint density at radius 1 is 0.943 bits per heavy atom. The summed E-state index contributed by atoms with van der Waals surface area (Å²) in [5.41, 5.74) is 1.20. The van der Waals surface area contributed by atoms with Gasteiger partial charge in [-0.25, -0.2) is 9.59 Å². The molecule has 35 heavy (non-hydrogen) atoms. The maximum atomic E-state index is 13.2. The number of hydrogen-bond donors (Lipinski definition) is 3. The minimum Gasteiger partial charge on any atom is -0.480 e. The van der Waals surface area contributed by atoms with Gasteiger partial charge in [-0.2, -0.15) is 0 Å². The molecule has 2 aliphatic carbocycles. The van der Waals surface area contributed by atoms with Crippen LogP contribution < -0.4 is 10.6 Å². The van der Waals surface area contributed by atoms with E-state index in [9.17, 15) is 19.5 Å². The molecule has 0 aliphatic heterocycles. The number of fused-ring (bicyclic) bond motifs is 3. The lowest BCUT2D eigenvalue weighted by molar-refractivity contribution is -0.150. The average Bonchev–Trinajstić information content (AvgIpc) is 3.41. The highest BCUT2D eigenvalue weighted by Gasteiger charge is 2.50. The van der Waals surface area contributed by atoms with Crippen molar-refractivity contribution in [1.82, 2.24) is 10.6 Å². The van der Waals surface area contributed by atoms with Crippen LogP contribution in [-0.2, 0) is 14.3 Å². The molecule has 186 valence electrons. The van der Waals surface area contributed by atoms with Crippen LogP contribution in [0.25, 0.3) is 11.1 Å². The molecule has 1 fully saturated rings. The molecule has 7 nitrogen and oxygen atoms in total. The van der Waals surface area contributed by atoms with Crippen LogP contribution >= 0.6 is 0 Å². The van der Waals surface area contributed by atoms with Gasteiger partial charge in [0.05, 0.1) is 11.0 Å². The summed E-state index contributed by atoms with van der Waals surface area (Å²) >= 11 is 0. The number of nitrogens with one attached hydrogen (secondary N) is 2. The van der Waals surface area contributed by atoms with E-state index in [2.05, 4.69) is 34.9 Å². The van der Waals surface area contributed by atoms with Crippen molar-refractivity contribution in [3.8, 4) is 11.1 Å². The minimum absolute atomic E-state index is 0.0645. The van der Waals surface area contributed by atoms with E-state index in [1.54, 1.807) is 27.7 Å². The average molecular weight is 479 g/mol. The number of carbonyl (C=O) groups excluding carboxylic acids is 2. The Hall–Kier alpha value is -3.35. The van der Waals surface area contributed by atoms with Crippen molar-refractivity contribution in [3.05, 3.63) is 59.7 Å². The zero-order valence-corrected chi connectivity index (χ0v) is 20.8. The van der Waals surface area contributed by atoms with E-state index in [0.717, 1.165) is 35.1 Å². The van der Waals surface area contributed by atoms with E-state index < -0.39 is 34.5 Å². The van der Waals surface area contributed by atoms with Crippen molar-refractivity contribution in [2.75, 3.05) is 6.61 Å². The quantitative estimate of drug-likeness (QED) is 0.528. The fourth-order valence-electron chi connectivity index (χ4n) is 5.07. The second-order valence-electron chi connectivity index (χ2n) is 10.7. The standard InChI is InChI=1S/C28H34N2O5/c1-26(2,23(31)29-28(24(32)33)15-9-10-16-28)27(3,4)30-25(34)35-17-22-20-13-7-5-11-18(20)19-12-6-8-14-21(19)22/h5-8,11-14,22H,9-10,15-17H2,1-4H3,(H,29,31)(H,30,34)(H,32,33). The number of aliphatic carboxylic acids is 1. The topological polar surface area (TPSA) is 105 Å². The molecule has 2 aromatic rings. The molecular weight excluding hydrogens is 444 g/mol. The smallest absolute Gasteiger partial charge is 0.407 e. The Morgan fingerprint density at radius 3 is 1.97 bits per heavy atom. The number of alkyl carbamates (subject to hydrolysis) is 1. The fourth-order valence-corrected chi connectivity index (χ4v) is 5.07. The molecular formula is C28H34N2O5. The van der Waals surface area contributed by atoms with Gasteiger partial charge in [0.25, 0.3) is 0 Å². The molecule has 4 rings (SSSR count). The Labute approximate surface area is 206 Å². The number of carboxylic acid groups (broad SMARTS) is 1. The van der Waals surface area contributed by atoms with Gasteiger partial charge in [-0.3, -0.25) is 4.79 Å². The number of hydrogen-bond acceptors (Lipinski definition) is 4. The number of carbonyl (C=O) groups is 3. The zero-order chi connectivity index (χ0) is 25.4. The first-order chi connectivity index (χ1) is 16.5. The molecule has 0 aromatic heterocycles. The van der Waals surface area contributed by atoms with Crippen LogP contribution in [0, 0.1) is 5.41 Å². The Morgan fingerprint density at radius 2 is 1.46 bits per heavy atom. The van der Waals surface area contributed by atoms with E-state index in [0.29, 0.717) is 12.8 Å². The molecule has 0 saturated heterocycles. The normalized spacial score (nSPS) is 16.8. The summed E-state index contributed by atoms with van der Waals surface area (Å²) in [4.78, 5) is 38.0. The van der Waals surface area contributed by atoms with Crippen molar-refractivity contribution >= 4 is 18.0 Å². The lowest BCUT2D eigenvalue weighted by atomic mass is 9.73. The van der Waals surface area contributed by atoms with Gasteiger partial charge in [0, 0.05) is 5.92 Å². The summed E-state index contributed by atoms with van der Waals surface area (Å²) in [5, 5.41) is 15.4. The molecule has 0 atom stereocenters. The monoisotopic (exact) mass is 478 g/mol. The molecule has 2 amide bonds. The highest BCUT2D eigenvalue weighted by Crippen LogP contribution is 2.44. The van der Waals surface area contributed by atoms with Crippen LogP contribution in [0.2, 0.25) is 0 Å². The molecule has 0 spiro atoms. The van der Waals surface area contributed by atoms with Crippen LogP contribution in [0.1, 0.15) is 70.4 Å². The molecule has 2 aliphatic rings. The molecule has 3 N–H and O–H groups in total. The number of benzene rings is 2. The molecule has 0 heterocycles. The van der Waals surface area contributed by atoms with Crippen molar-refractivity contribution in [2.45, 2.75) is 70.4 Å². The van der Waals surface area contributed by atoms with Gasteiger partial charge >= 0.3 is 12.1 Å². The summed E-state index contributed by atoms with van der Waals surface area (Å²) in [6, 6.07) is 16.2. The Balaban J connectivity index is 1.43. The van der Waals surface area contributed by atoms with Crippen LogP contribution in [0.5, 0.6) is 0 Å². The molecule has 2 aromatic carbocycles. The largest absolute Gasteiger partial charge is 0.480 e. The number of ether oxygens (including phenoxy) is 1. The summed E-state index contributed by atoms with van der Waals surface area (Å²) < 4.78 is 5.67. The third kappa shape index (κ3) is 4.40. The summed E-state index contributed by atoms with van der Waals surface area (Å²) in [6.07, 6.45) is 1.71. The zero-order valence-electron chi connectivity index (χ0n) is 20.8. The third-order valence-corrected chi connectivity index (χ3v) is 8.11. The molecule has 1 saturated carbocycles. The minimum atomic E-state index is -1.24. The molecule has 7 heteroatoms. The highest BCUT2D eigenvalue weighted by atomic mass is 16.5. The maximum absolute atomic E-state index is 13.2. The lowest BCUT2D eigenvalue weighted by Gasteiger charge is -2.42. The van der Waals surface area contributed by atoms with Crippen molar-refractivity contribution in [1.29, 1.82) is 0 Å². The van der Waals surface area contributed by atoms with E-state index in [-0.39, 0.29) is 12.5 Å². The van der Waals surface area contributed by atoms with Gasteiger partial charge in [0.1, 0.15) is 12.1 Å². The third-order valence-electron chi connectivity index (χ3n) is 8.11. The predicted molar refractivity (Wildman–Crippen MR) is 133 cm³/mol. The number of amides is 2. The van der Waals surface area contributed by atoms with Crippen LogP contribution in [0.3, 0.4) is 0 Å². The van der Waals surface area contributed by atoms with E-state index in [4.69, 9.17) is 4.74 Å². The van der Waals surface area contributed by atoms with Crippen LogP contribution in [0.15, 0.2) is 48.5 Å².